The van der Waals surface area contributed by atoms with Gasteiger partial charge < -0.3 is 14.2 Å². The van der Waals surface area contributed by atoms with E-state index in [1.54, 1.807) is 17.1 Å². The molecule has 1 fully saturated rings. The van der Waals surface area contributed by atoms with Gasteiger partial charge in [-0.05, 0) is 54.7 Å². The zero-order chi connectivity index (χ0) is 24.7. The Hall–Kier alpha value is -2.90. The fourth-order valence-electron chi connectivity index (χ4n) is 4.31. The van der Waals surface area contributed by atoms with Crippen LogP contribution in [0, 0.1) is 0 Å². The van der Waals surface area contributed by atoms with Crippen molar-refractivity contribution in [2.45, 2.75) is 44.3 Å². The lowest BCUT2D eigenvalue weighted by Crippen LogP contribution is -2.35. The van der Waals surface area contributed by atoms with Gasteiger partial charge in [0.05, 0.1) is 12.6 Å². The number of benzene rings is 3. The average molecular weight is 524 g/mol. The Morgan fingerprint density at radius 3 is 2.53 bits per heavy atom. The minimum atomic E-state index is -0.381. The van der Waals surface area contributed by atoms with Crippen LogP contribution in [0.1, 0.15) is 30.9 Å². The highest BCUT2D eigenvalue weighted by Gasteiger charge is 2.28. The summed E-state index contributed by atoms with van der Waals surface area (Å²) in [5.41, 5.74) is 3.17. The summed E-state index contributed by atoms with van der Waals surface area (Å²) in [5, 5.41) is 5.34. The van der Waals surface area contributed by atoms with Crippen LogP contribution in [0.15, 0.2) is 85.5 Å². The van der Waals surface area contributed by atoms with E-state index in [2.05, 4.69) is 34.3 Å². The maximum atomic E-state index is 6.51. The number of hydrogen-bond acceptors (Lipinski definition) is 5. The van der Waals surface area contributed by atoms with E-state index in [1.165, 1.54) is 11.9 Å². The molecule has 3 aromatic carbocycles. The quantitative estimate of drug-likeness (QED) is 0.236. The minimum absolute atomic E-state index is 0.0646. The molecule has 3 unspecified atom stereocenters. The highest BCUT2D eigenvalue weighted by atomic mass is 35.5. The molecule has 5 rings (SSSR count). The molecule has 0 amide bonds. The van der Waals surface area contributed by atoms with Gasteiger partial charge in [-0.1, -0.05) is 71.7 Å². The van der Waals surface area contributed by atoms with Crippen LogP contribution in [0.4, 0.5) is 0 Å². The third-order valence-electron chi connectivity index (χ3n) is 6.15. The number of aromatic nitrogens is 3. The van der Waals surface area contributed by atoms with E-state index in [1.807, 2.05) is 42.5 Å². The molecule has 0 radical (unpaired) electrons. The van der Waals surface area contributed by atoms with E-state index in [9.17, 15) is 0 Å². The SMILES string of the molecule is Clc1ccc(C(Cn2cncn2)OC2CCCC(COc3ccc(-c4ccccc4)cc3)O2)c(Cl)c1. The molecule has 2 heterocycles. The van der Waals surface area contributed by atoms with Crippen molar-refractivity contribution < 1.29 is 14.2 Å². The summed E-state index contributed by atoms with van der Waals surface area (Å²) in [6.07, 6.45) is 5.03. The molecule has 1 aromatic heterocycles. The van der Waals surface area contributed by atoms with Gasteiger partial charge in [-0.3, -0.25) is 4.68 Å². The van der Waals surface area contributed by atoms with Crippen molar-refractivity contribution in [1.82, 2.24) is 14.8 Å². The molecule has 1 aliphatic rings. The fourth-order valence-corrected chi connectivity index (χ4v) is 4.84. The predicted molar refractivity (Wildman–Crippen MR) is 140 cm³/mol. The summed E-state index contributed by atoms with van der Waals surface area (Å²) in [6.45, 7) is 0.913. The molecule has 0 saturated carbocycles. The zero-order valence-electron chi connectivity index (χ0n) is 19.7. The summed E-state index contributed by atoms with van der Waals surface area (Å²) in [5.74, 6) is 0.818. The van der Waals surface area contributed by atoms with Crippen LogP contribution in [0.3, 0.4) is 0 Å². The zero-order valence-corrected chi connectivity index (χ0v) is 21.2. The topological polar surface area (TPSA) is 58.4 Å². The largest absolute Gasteiger partial charge is 0.491 e. The molecule has 1 aliphatic heterocycles. The highest BCUT2D eigenvalue weighted by molar-refractivity contribution is 6.35. The van der Waals surface area contributed by atoms with Crippen LogP contribution in [0.5, 0.6) is 5.75 Å². The maximum absolute atomic E-state index is 6.51. The van der Waals surface area contributed by atoms with Gasteiger partial charge in [-0.15, -0.1) is 0 Å². The van der Waals surface area contributed by atoms with Crippen molar-refractivity contribution in [3.05, 3.63) is 101 Å². The van der Waals surface area contributed by atoms with Crippen LogP contribution in [-0.4, -0.2) is 33.8 Å². The first kappa shape index (κ1) is 24.8. The van der Waals surface area contributed by atoms with Crippen molar-refractivity contribution >= 4 is 23.2 Å². The molecular weight excluding hydrogens is 497 g/mol. The van der Waals surface area contributed by atoms with E-state index in [4.69, 9.17) is 37.4 Å². The second-order valence-electron chi connectivity index (χ2n) is 8.73. The van der Waals surface area contributed by atoms with Gasteiger partial charge >= 0.3 is 0 Å². The molecule has 3 atom stereocenters. The number of ether oxygens (including phenoxy) is 3. The highest BCUT2D eigenvalue weighted by Crippen LogP contribution is 2.33. The molecule has 186 valence electrons. The fraction of sp³-hybridized carbons (Fsp3) is 0.286. The monoisotopic (exact) mass is 523 g/mol. The first-order valence-electron chi connectivity index (χ1n) is 12.0. The summed E-state index contributed by atoms with van der Waals surface area (Å²) in [7, 11) is 0. The summed E-state index contributed by atoms with van der Waals surface area (Å²) in [6, 6.07) is 23.8. The number of nitrogens with zero attached hydrogens (tertiary/aromatic N) is 3. The van der Waals surface area contributed by atoms with Crippen LogP contribution >= 0.6 is 23.2 Å². The van der Waals surface area contributed by atoms with Gasteiger partial charge in [0.2, 0.25) is 0 Å². The van der Waals surface area contributed by atoms with E-state index >= 15 is 0 Å². The lowest BCUT2D eigenvalue weighted by molar-refractivity contribution is -0.223. The number of hydrogen-bond donors (Lipinski definition) is 0. The third kappa shape index (κ3) is 6.45. The maximum Gasteiger partial charge on any atom is 0.159 e. The molecule has 4 aromatic rings. The molecule has 0 bridgehead atoms. The van der Waals surface area contributed by atoms with Crippen molar-refractivity contribution in [2.24, 2.45) is 0 Å². The van der Waals surface area contributed by atoms with Crippen LogP contribution in [-0.2, 0) is 16.0 Å². The Balaban J connectivity index is 1.20. The van der Waals surface area contributed by atoms with Crippen LogP contribution < -0.4 is 4.74 Å². The standard InChI is InChI=1S/C28H27Cl2N3O3/c29-22-11-14-25(26(30)15-22)27(16-33-19-31-18-32-33)36-28-8-4-7-24(35-28)17-34-23-12-9-21(10-13-23)20-5-2-1-3-6-20/h1-3,5-6,9-15,18-19,24,27-28H,4,7-8,16-17H2. The van der Waals surface area contributed by atoms with Crippen LogP contribution in [0.25, 0.3) is 11.1 Å². The lowest BCUT2D eigenvalue weighted by atomic mass is 10.1. The van der Waals surface area contributed by atoms with E-state index < -0.39 is 0 Å². The van der Waals surface area contributed by atoms with Crippen molar-refractivity contribution in [2.75, 3.05) is 6.61 Å². The molecule has 8 heteroatoms. The van der Waals surface area contributed by atoms with Crippen LogP contribution in [0.2, 0.25) is 10.0 Å². The Labute approximate surface area is 220 Å². The molecule has 0 N–H and O–H groups in total. The Morgan fingerprint density at radius 1 is 0.972 bits per heavy atom. The predicted octanol–water partition coefficient (Wildman–Crippen LogP) is 6.98. The van der Waals surface area contributed by atoms with Gasteiger partial charge in [0.15, 0.2) is 6.29 Å². The van der Waals surface area contributed by atoms with Gasteiger partial charge in [0.1, 0.15) is 31.1 Å². The first-order valence-corrected chi connectivity index (χ1v) is 12.8. The summed E-state index contributed by atoms with van der Waals surface area (Å²) >= 11 is 12.6. The van der Waals surface area contributed by atoms with Crippen molar-refractivity contribution in [3.63, 3.8) is 0 Å². The molecule has 6 nitrogen and oxygen atoms in total. The van der Waals surface area contributed by atoms with E-state index in [0.717, 1.165) is 36.1 Å². The molecular formula is C28H27Cl2N3O3. The molecule has 0 aliphatic carbocycles. The van der Waals surface area contributed by atoms with Gasteiger partial charge in [0.25, 0.3) is 0 Å². The molecule has 1 saturated heterocycles. The Morgan fingerprint density at radius 2 is 1.78 bits per heavy atom. The smallest absolute Gasteiger partial charge is 0.159 e. The van der Waals surface area contributed by atoms with Crippen molar-refractivity contribution in [3.8, 4) is 16.9 Å². The lowest BCUT2D eigenvalue weighted by Gasteiger charge is -2.33. The van der Waals surface area contributed by atoms with E-state index in [-0.39, 0.29) is 18.5 Å². The minimum Gasteiger partial charge on any atom is -0.491 e. The Kier molecular flexibility index (Phi) is 8.18. The molecule has 36 heavy (non-hydrogen) atoms. The number of halogens is 2. The number of rotatable bonds is 9. The molecule has 0 spiro atoms. The first-order chi connectivity index (χ1) is 17.6. The summed E-state index contributed by atoms with van der Waals surface area (Å²) in [4.78, 5) is 4.03. The van der Waals surface area contributed by atoms with E-state index in [0.29, 0.717) is 23.2 Å². The summed E-state index contributed by atoms with van der Waals surface area (Å²) < 4.78 is 20.5. The normalized spacial score (nSPS) is 18.6. The van der Waals surface area contributed by atoms with Gasteiger partial charge in [-0.2, -0.15) is 5.10 Å². The second-order valence-corrected chi connectivity index (χ2v) is 9.57. The van der Waals surface area contributed by atoms with Gasteiger partial charge in [-0.25, -0.2) is 4.98 Å². The second kappa shape index (κ2) is 11.9. The van der Waals surface area contributed by atoms with Crippen molar-refractivity contribution in [1.29, 1.82) is 0 Å². The average Bonchev–Trinajstić information content (AvgIpc) is 3.41. The van der Waals surface area contributed by atoms with Gasteiger partial charge in [0, 0.05) is 15.6 Å². The third-order valence-corrected chi connectivity index (χ3v) is 6.71. The Bertz CT molecular complexity index is 1240.